The summed E-state index contributed by atoms with van der Waals surface area (Å²) >= 11 is 0. The molecule has 2 aliphatic rings. The maximum Gasteiger partial charge on any atom is 0.164 e. The van der Waals surface area contributed by atoms with Gasteiger partial charge in [0.15, 0.2) is 11.5 Å². The van der Waals surface area contributed by atoms with Gasteiger partial charge in [-0.1, -0.05) is 30.7 Å². The number of benzene rings is 1. The van der Waals surface area contributed by atoms with Gasteiger partial charge in [0.2, 0.25) is 0 Å². The molecule has 0 unspecified atom stereocenters. The first-order valence-electron chi connectivity index (χ1n) is 11.2. The predicted octanol–water partition coefficient (Wildman–Crippen LogP) is 3.28. The molecule has 5 rings (SSSR count). The molecule has 0 atom stereocenters. The van der Waals surface area contributed by atoms with Crippen molar-refractivity contribution in [2.24, 2.45) is 0 Å². The highest BCUT2D eigenvalue weighted by molar-refractivity contribution is 5.87. The lowest BCUT2D eigenvalue weighted by Crippen LogP contribution is -2.32. The van der Waals surface area contributed by atoms with Crippen molar-refractivity contribution in [1.29, 1.82) is 0 Å². The topological polar surface area (TPSA) is 76.3 Å². The lowest BCUT2D eigenvalue weighted by atomic mass is 10.1. The zero-order chi connectivity index (χ0) is 21.0. The first kappa shape index (κ1) is 20.3. The minimum absolute atomic E-state index is 0.000793. The second kappa shape index (κ2) is 9.26. The Balaban J connectivity index is 1.55. The molecule has 0 spiro atoms. The fourth-order valence-corrected chi connectivity index (χ4v) is 4.44. The lowest BCUT2D eigenvalue weighted by Gasteiger charge is -2.26. The van der Waals surface area contributed by atoms with E-state index in [0.29, 0.717) is 19.0 Å². The van der Waals surface area contributed by atoms with Crippen molar-refractivity contribution >= 4 is 16.7 Å². The minimum Gasteiger partial charge on any atom is -0.392 e. The molecule has 0 amide bonds. The van der Waals surface area contributed by atoms with E-state index < -0.39 is 0 Å². The van der Waals surface area contributed by atoms with Crippen LogP contribution in [-0.2, 0) is 17.9 Å². The molecular formula is C24H29N5O2. The zero-order valence-corrected chi connectivity index (χ0v) is 17.8. The van der Waals surface area contributed by atoms with E-state index in [2.05, 4.69) is 15.5 Å². The molecule has 0 bridgehead atoms. The smallest absolute Gasteiger partial charge is 0.164 e. The van der Waals surface area contributed by atoms with Gasteiger partial charge in [0.25, 0.3) is 0 Å². The Kier molecular flexibility index (Phi) is 6.06. The van der Waals surface area contributed by atoms with Gasteiger partial charge in [-0.3, -0.25) is 0 Å². The number of aromatic nitrogens is 4. The SMILES string of the molecule is OCc1cccc(-c2nc(C3=CCOCC3)c3ncn(CCN4CCCCC4)c3n2)c1. The molecule has 2 aromatic heterocycles. The Hall–Kier alpha value is -2.61. The average Bonchev–Trinajstić information content (AvgIpc) is 3.26. The molecule has 162 valence electrons. The standard InChI is InChI=1S/C24H29N5O2/c30-16-18-5-4-6-20(15-18)23-26-21(19-7-13-31-14-8-19)22-24(27-23)29(17-25-22)12-11-28-9-2-1-3-10-28/h4-7,15,17,30H,1-3,8-14,16H2. The second-order valence-electron chi connectivity index (χ2n) is 8.32. The molecule has 31 heavy (non-hydrogen) atoms. The molecule has 3 aromatic rings. The summed E-state index contributed by atoms with van der Waals surface area (Å²) in [6.45, 7) is 5.53. The van der Waals surface area contributed by atoms with Gasteiger partial charge < -0.3 is 19.3 Å². The normalized spacial score (nSPS) is 17.8. The summed E-state index contributed by atoms with van der Waals surface area (Å²) < 4.78 is 7.67. The van der Waals surface area contributed by atoms with E-state index in [1.807, 2.05) is 30.6 Å². The number of rotatable bonds is 6. The number of likely N-dealkylation sites (tertiary alicyclic amines) is 1. The summed E-state index contributed by atoms with van der Waals surface area (Å²) in [4.78, 5) is 17.1. The van der Waals surface area contributed by atoms with Crippen LogP contribution in [-0.4, -0.2) is 62.4 Å². The van der Waals surface area contributed by atoms with E-state index in [4.69, 9.17) is 19.7 Å². The summed E-state index contributed by atoms with van der Waals surface area (Å²) in [5.41, 5.74) is 5.55. The van der Waals surface area contributed by atoms with E-state index in [1.54, 1.807) is 0 Å². The van der Waals surface area contributed by atoms with Crippen LogP contribution in [0.25, 0.3) is 28.1 Å². The van der Waals surface area contributed by atoms with Crippen molar-refractivity contribution in [3.8, 4) is 11.4 Å². The number of ether oxygens (including phenoxy) is 1. The number of aliphatic hydroxyl groups excluding tert-OH is 1. The van der Waals surface area contributed by atoms with Crippen LogP contribution in [0, 0.1) is 0 Å². The quantitative estimate of drug-likeness (QED) is 0.661. The summed E-state index contributed by atoms with van der Waals surface area (Å²) in [6.07, 6.45) is 8.75. The number of aliphatic hydroxyl groups is 1. The largest absolute Gasteiger partial charge is 0.392 e. The van der Waals surface area contributed by atoms with Crippen LogP contribution in [0.3, 0.4) is 0 Å². The Morgan fingerprint density at radius 3 is 2.77 bits per heavy atom. The first-order valence-corrected chi connectivity index (χ1v) is 11.2. The number of fused-ring (bicyclic) bond motifs is 1. The second-order valence-corrected chi connectivity index (χ2v) is 8.32. The highest BCUT2D eigenvalue weighted by Gasteiger charge is 2.19. The molecule has 1 N–H and O–H groups in total. The molecule has 4 heterocycles. The lowest BCUT2D eigenvalue weighted by molar-refractivity contribution is 0.161. The van der Waals surface area contributed by atoms with Gasteiger partial charge in [0.05, 0.1) is 31.8 Å². The van der Waals surface area contributed by atoms with Gasteiger partial charge in [-0.2, -0.15) is 0 Å². The number of imidazole rings is 1. The molecular weight excluding hydrogens is 390 g/mol. The van der Waals surface area contributed by atoms with E-state index in [9.17, 15) is 5.11 Å². The van der Waals surface area contributed by atoms with Gasteiger partial charge in [-0.25, -0.2) is 15.0 Å². The van der Waals surface area contributed by atoms with Crippen molar-refractivity contribution in [1.82, 2.24) is 24.4 Å². The van der Waals surface area contributed by atoms with Crippen LogP contribution >= 0.6 is 0 Å². The van der Waals surface area contributed by atoms with Gasteiger partial charge in [-0.05, 0) is 49.6 Å². The Labute approximate surface area is 182 Å². The molecule has 0 radical (unpaired) electrons. The van der Waals surface area contributed by atoms with E-state index >= 15 is 0 Å². The van der Waals surface area contributed by atoms with Gasteiger partial charge in [-0.15, -0.1) is 0 Å². The highest BCUT2D eigenvalue weighted by Crippen LogP contribution is 2.29. The third-order valence-corrected chi connectivity index (χ3v) is 6.20. The van der Waals surface area contributed by atoms with Crippen molar-refractivity contribution in [3.05, 3.63) is 47.9 Å². The summed E-state index contributed by atoms with van der Waals surface area (Å²) in [5.74, 6) is 0.671. The fourth-order valence-electron chi connectivity index (χ4n) is 4.44. The third kappa shape index (κ3) is 4.39. The van der Waals surface area contributed by atoms with Crippen molar-refractivity contribution < 1.29 is 9.84 Å². The van der Waals surface area contributed by atoms with Crippen molar-refractivity contribution in [2.75, 3.05) is 32.8 Å². The van der Waals surface area contributed by atoms with Crippen LogP contribution in [0.1, 0.15) is 36.9 Å². The highest BCUT2D eigenvalue weighted by atomic mass is 16.5. The van der Waals surface area contributed by atoms with Crippen molar-refractivity contribution in [3.63, 3.8) is 0 Å². The van der Waals surface area contributed by atoms with Gasteiger partial charge in [0, 0.05) is 18.7 Å². The first-order chi connectivity index (χ1) is 15.3. The van der Waals surface area contributed by atoms with Crippen LogP contribution in [0.5, 0.6) is 0 Å². The summed E-state index contributed by atoms with van der Waals surface area (Å²) in [7, 11) is 0. The monoisotopic (exact) mass is 419 g/mol. The maximum atomic E-state index is 9.56. The minimum atomic E-state index is -0.000793. The molecule has 7 heteroatoms. The Morgan fingerprint density at radius 1 is 1.06 bits per heavy atom. The number of piperidine rings is 1. The fraction of sp³-hybridized carbons (Fsp3) is 0.458. The summed E-state index contributed by atoms with van der Waals surface area (Å²) in [5, 5.41) is 9.56. The van der Waals surface area contributed by atoms with Gasteiger partial charge in [0.1, 0.15) is 5.52 Å². The van der Waals surface area contributed by atoms with E-state index in [0.717, 1.165) is 47.5 Å². The molecule has 1 aromatic carbocycles. The number of nitrogens with zero attached hydrogens (tertiary/aromatic N) is 5. The van der Waals surface area contributed by atoms with Gasteiger partial charge >= 0.3 is 0 Å². The predicted molar refractivity (Wildman–Crippen MR) is 120 cm³/mol. The molecule has 0 aliphatic carbocycles. The molecule has 2 aliphatic heterocycles. The van der Waals surface area contributed by atoms with Crippen LogP contribution in [0.4, 0.5) is 0 Å². The third-order valence-electron chi connectivity index (χ3n) is 6.20. The Morgan fingerprint density at radius 2 is 1.97 bits per heavy atom. The number of hydrogen-bond donors (Lipinski definition) is 1. The molecule has 1 fully saturated rings. The van der Waals surface area contributed by atoms with Crippen LogP contribution in [0.15, 0.2) is 36.7 Å². The number of hydrogen-bond acceptors (Lipinski definition) is 6. The van der Waals surface area contributed by atoms with E-state index in [1.165, 1.54) is 37.9 Å². The molecule has 7 nitrogen and oxygen atoms in total. The average molecular weight is 420 g/mol. The maximum absolute atomic E-state index is 9.56. The molecule has 1 saturated heterocycles. The van der Waals surface area contributed by atoms with Crippen molar-refractivity contribution in [2.45, 2.75) is 38.8 Å². The molecule has 0 saturated carbocycles. The van der Waals surface area contributed by atoms with Crippen LogP contribution < -0.4 is 0 Å². The Bertz CT molecular complexity index is 1080. The summed E-state index contributed by atoms with van der Waals surface area (Å²) in [6, 6.07) is 7.80. The zero-order valence-electron chi connectivity index (χ0n) is 17.8. The van der Waals surface area contributed by atoms with E-state index in [-0.39, 0.29) is 6.61 Å². The van der Waals surface area contributed by atoms with Crippen LogP contribution in [0.2, 0.25) is 0 Å².